The van der Waals surface area contributed by atoms with Gasteiger partial charge in [-0.3, -0.25) is 4.79 Å². The fraction of sp³-hybridized carbons (Fsp3) is 0.208. The first-order valence-corrected chi connectivity index (χ1v) is 10.3. The van der Waals surface area contributed by atoms with Crippen LogP contribution in [0.1, 0.15) is 46.9 Å². The van der Waals surface area contributed by atoms with Gasteiger partial charge in [-0.05, 0) is 36.1 Å². The molecule has 1 N–H and O–H groups in total. The van der Waals surface area contributed by atoms with Crippen molar-refractivity contribution in [3.8, 4) is 0 Å². The minimum atomic E-state index is -0.290. The Bertz CT molecular complexity index is 1200. The molecule has 0 fully saturated rings. The number of hydrogen-bond acceptors (Lipinski definition) is 3. The minimum Gasteiger partial charge on any atom is -0.322 e. The molecule has 4 rings (SSSR count). The van der Waals surface area contributed by atoms with E-state index in [-0.39, 0.29) is 5.91 Å². The Kier molecular flexibility index (Phi) is 5.55. The van der Waals surface area contributed by atoms with E-state index in [2.05, 4.69) is 29.2 Å². The highest BCUT2D eigenvalue weighted by molar-refractivity contribution is 6.39. The van der Waals surface area contributed by atoms with E-state index in [1.165, 1.54) is 11.8 Å². The van der Waals surface area contributed by atoms with E-state index in [9.17, 15) is 4.79 Å². The van der Waals surface area contributed by atoms with Crippen molar-refractivity contribution in [1.82, 2.24) is 14.8 Å². The Labute approximate surface area is 180 Å². The summed E-state index contributed by atoms with van der Waals surface area (Å²) < 4.78 is 1.82. The second-order valence-corrected chi connectivity index (χ2v) is 8.02. The maximum absolute atomic E-state index is 12.8. The summed E-state index contributed by atoms with van der Waals surface area (Å²) in [5.74, 6) is 0.146. The molecule has 5 nitrogen and oxygen atoms in total. The standard InChI is InChI=1S/C24H23ClN4O/c1-15(2)18-9-11-19(12-10-18)27-24(30)20-13-26-23-21(22(20)25)16(3)28-29(23)14-17-7-5-4-6-8-17/h4-13,15H,14H2,1-3H3,(H,27,30). The lowest BCUT2D eigenvalue weighted by molar-refractivity contribution is 0.102. The molecule has 6 heteroatoms. The van der Waals surface area contributed by atoms with Gasteiger partial charge in [-0.25, -0.2) is 9.67 Å². The molecule has 30 heavy (non-hydrogen) atoms. The normalized spacial score (nSPS) is 11.2. The molecule has 0 saturated heterocycles. The van der Waals surface area contributed by atoms with E-state index in [4.69, 9.17) is 11.6 Å². The van der Waals surface area contributed by atoms with Gasteiger partial charge >= 0.3 is 0 Å². The molecule has 0 aliphatic rings. The van der Waals surface area contributed by atoms with Gasteiger partial charge in [0.15, 0.2) is 5.65 Å². The van der Waals surface area contributed by atoms with Crippen LogP contribution in [0, 0.1) is 6.92 Å². The fourth-order valence-corrected chi connectivity index (χ4v) is 3.81. The monoisotopic (exact) mass is 418 g/mol. The van der Waals surface area contributed by atoms with Crippen LogP contribution in [0.5, 0.6) is 0 Å². The third kappa shape index (κ3) is 3.94. The quantitative estimate of drug-likeness (QED) is 0.444. The number of rotatable bonds is 5. The number of nitrogens with zero attached hydrogens (tertiary/aromatic N) is 3. The molecule has 0 atom stereocenters. The summed E-state index contributed by atoms with van der Waals surface area (Å²) in [4.78, 5) is 17.4. The number of carbonyl (C=O) groups excluding carboxylic acids is 1. The average Bonchev–Trinajstić information content (AvgIpc) is 3.05. The molecule has 0 radical (unpaired) electrons. The molecule has 4 aromatic rings. The number of amides is 1. The second-order valence-electron chi connectivity index (χ2n) is 7.64. The summed E-state index contributed by atoms with van der Waals surface area (Å²) in [6, 6.07) is 17.9. The Balaban J connectivity index is 1.63. The molecular formula is C24H23ClN4O. The van der Waals surface area contributed by atoms with Crippen molar-refractivity contribution in [2.45, 2.75) is 33.2 Å². The van der Waals surface area contributed by atoms with E-state index in [1.54, 1.807) is 0 Å². The van der Waals surface area contributed by atoms with Crippen LogP contribution in [0.15, 0.2) is 60.8 Å². The number of carbonyl (C=O) groups is 1. The lowest BCUT2D eigenvalue weighted by atomic mass is 10.0. The van der Waals surface area contributed by atoms with Crippen LogP contribution in [0.4, 0.5) is 5.69 Å². The van der Waals surface area contributed by atoms with Gasteiger partial charge in [0.2, 0.25) is 0 Å². The number of nitrogens with one attached hydrogen (secondary N) is 1. The molecule has 0 spiro atoms. The first kappa shape index (κ1) is 20.1. The van der Waals surface area contributed by atoms with Crippen molar-refractivity contribution in [1.29, 1.82) is 0 Å². The van der Waals surface area contributed by atoms with Crippen molar-refractivity contribution in [3.05, 3.63) is 88.2 Å². The zero-order valence-corrected chi connectivity index (χ0v) is 17.9. The number of anilines is 1. The number of fused-ring (bicyclic) bond motifs is 1. The molecule has 0 aliphatic heterocycles. The molecular weight excluding hydrogens is 396 g/mol. The third-order valence-electron chi connectivity index (χ3n) is 5.13. The summed E-state index contributed by atoms with van der Waals surface area (Å²) >= 11 is 6.64. The maximum Gasteiger partial charge on any atom is 0.258 e. The van der Waals surface area contributed by atoms with Crippen molar-refractivity contribution in [3.63, 3.8) is 0 Å². The number of hydrogen-bond donors (Lipinski definition) is 1. The van der Waals surface area contributed by atoms with Crippen molar-refractivity contribution in [2.24, 2.45) is 0 Å². The predicted octanol–water partition coefficient (Wildman–Crippen LogP) is 5.82. The minimum absolute atomic E-state index is 0.290. The Morgan fingerprint density at radius 3 is 2.47 bits per heavy atom. The Morgan fingerprint density at radius 2 is 1.80 bits per heavy atom. The molecule has 2 aromatic heterocycles. The molecule has 0 aliphatic carbocycles. The number of halogens is 1. The lowest BCUT2D eigenvalue weighted by Gasteiger charge is -2.10. The van der Waals surface area contributed by atoms with Gasteiger partial charge in [0.1, 0.15) is 0 Å². The van der Waals surface area contributed by atoms with Gasteiger partial charge in [-0.2, -0.15) is 5.10 Å². The van der Waals surface area contributed by atoms with E-state index in [0.717, 1.165) is 16.9 Å². The number of aromatic nitrogens is 3. The van der Waals surface area contributed by atoms with Crippen molar-refractivity contribution >= 4 is 34.2 Å². The first-order valence-electron chi connectivity index (χ1n) is 9.91. The van der Waals surface area contributed by atoms with Gasteiger partial charge in [0.25, 0.3) is 5.91 Å². The van der Waals surface area contributed by atoms with Crippen LogP contribution in [0.25, 0.3) is 11.0 Å². The van der Waals surface area contributed by atoms with Gasteiger partial charge < -0.3 is 5.32 Å². The Hall–Kier alpha value is -3.18. The molecule has 0 saturated carbocycles. The van der Waals surface area contributed by atoms with Gasteiger partial charge in [0.05, 0.1) is 28.2 Å². The number of pyridine rings is 1. The molecule has 0 bridgehead atoms. The zero-order chi connectivity index (χ0) is 21.3. The van der Waals surface area contributed by atoms with Crippen LogP contribution >= 0.6 is 11.6 Å². The van der Waals surface area contributed by atoms with E-state index < -0.39 is 0 Å². The smallest absolute Gasteiger partial charge is 0.258 e. The van der Waals surface area contributed by atoms with Gasteiger partial charge in [-0.1, -0.05) is 67.9 Å². The second kappa shape index (κ2) is 8.28. The molecule has 0 unspecified atom stereocenters. The third-order valence-corrected chi connectivity index (χ3v) is 5.52. The Morgan fingerprint density at radius 1 is 1.10 bits per heavy atom. The molecule has 2 heterocycles. The largest absolute Gasteiger partial charge is 0.322 e. The maximum atomic E-state index is 12.8. The van der Waals surface area contributed by atoms with E-state index in [0.29, 0.717) is 34.1 Å². The predicted molar refractivity (Wildman–Crippen MR) is 121 cm³/mol. The van der Waals surface area contributed by atoms with Crippen molar-refractivity contribution in [2.75, 3.05) is 5.32 Å². The lowest BCUT2D eigenvalue weighted by Crippen LogP contribution is -2.13. The highest BCUT2D eigenvalue weighted by atomic mass is 35.5. The van der Waals surface area contributed by atoms with Crippen LogP contribution in [0.2, 0.25) is 5.02 Å². The molecule has 1 amide bonds. The van der Waals surface area contributed by atoms with Gasteiger partial charge in [0, 0.05) is 11.9 Å². The highest BCUT2D eigenvalue weighted by Gasteiger charge is 2.19. The number of benzene rings is 2. The summed E-state index contributed by atoms with van der Waals surface area (Å²) in [6.45, 7) is 6.73. The van der Waals surface area contributed by atoms with E-state index in [1.807, 2.05) is 66.2 Å². The van der Waals surface area contributed by atoms with Gasteiger partial charge in [-0.15, -0.1) is 0 Å². The summed E-state index contributed by atoms with van der Waals surface area (Å²) in [6.07, 6.45) is 1.52. The topological polar surface area (TPSA) is 59.8 Å². The fourth-order valence-electron chi connectivity index (χ4n) is 3.45. The van der Waals surface area contributed by atoms with Crippen molar-refractivity contribution < 1.29 is 4.79 Å². The molecule has 2 aromatic carbocycles. The van der Waals surface area contributed by atoms with Crippen LogP contribution < -0.4 is 5.32 Å². The summed E-state index contributed by atoms with van der Waals surface area (Å²) in [5.41, 5.74) is 4.80. The summed E-state index contributed by atoms with van der Waals surface area (Å²) in [7, 11) is 0. The van der Waals surface area contributed by atoms with Crippen LogP contribution in [0.3, 0.4) is 0 Å². The average molecular weight is 419 g/mol. The molecule has 152 valence electrons. The SMILES string of the molecule is Cc1nn(Cc2ccccc2)c2ncc(C(=O)Nc3ccc(C(C)C)cc3)c(Cl)c12. The number of aryl methyl sites for hydroxylation is 1. The summed E-state index contributed by atoms with van der Waals surface area (Å²) in [5, 5.41) is 8.57. The zero-order valence-electron chi connectivity index (χ0n) is 17.2. The first-order chi connectivity index (χ1) is 14.4. The van der Waals surface area contributed by atoms with Crippen LogP contribution in [-0.2, 0) is 6.54 Å². The van der Waals surface area contributed by atoms with Crippen LogP contribution in [-0.4, -0.2) is 20.7 Å². The highest BCUT2D eigenvalue weighted by Crippen LogP contribution is 2.29. The van der Waals surface area contributed by atoms with E-state index >= 15 is 0 Å².